The van der Waals surface area contributed by atoms with Crippen molar-refractivity contribution in [1.29, 1.82) is 0 Å². The van der Waals surface area contributed by atoms with Crippen LogP contribution in [0.15, 0.2) is 30.3 Å². The number of primary amides is 2. The number of benzene rings is 1. The fourth-order valence-electron chi connectivity index (χ4n) is 2.76. The summed E-state index contributed by atoms with van der Waals surface area (Å²) >= 11 is 0. The topological polar surface area (TPSA) is 222 Å². The predicted octanol–water partition coefficient (Wildman–Crippen LogP) is -1.34. The summed E-state index contributed by atoms with van der Waals surface area (Å²) in [6, 6.07) is 5.03. The fraction of sp³-hybridized carbons (Fsp3) is 0.111. The number of hydrogen-bond acceptors (Lipinski definition) is 9. The minimum Gasteiger partial charge on any atom is -0.477 e. The number of carbonyl (C=O) groups is 5. The summed E-state index contributed by atoms with van der Waals surface area (Å²) in [7, 11) is 1.21. The minimum absolute atomic E-state index is 0.205. The second-order valence-electron chi connectivity index (χ2n) is 6.29. The molecule has 14 heteroatoms. The second-order valence-corrected chi connectivity index (χ2v) is 6.29. The predicted molar refractivity (Wildman–Crippen MR) is 103 cm³/mol. The molecular formula is C18H15N7O7. The first-order valence-corrected chi connectivity index (χ1v) is 8.72. The Morgan fingerprint density at radius 3 is 2.31 bits per heavy atom. The van der Waals surface area contributed by atoms with Crippen LogP contribution in [-0.4, -0.2) is 61.7 Å². The molecule has 3 aromatic rings. The third-order valence-corrected chi connectivity index (χ3v) is 4.28. The standard InChI is InChI=1S/C18H15N7O7/c1-32-18(31)8-4-2-7(3-5-8)11(13(19)26)22-16(28)9-6-10(17(29)30)25-15(21-9)12(14(20)27)23-24-25/h2-6,11H,1H3,(H2,19,26)(H2,20,27)(H,22,28)(H,29,30)/t11-/m1/s1. The van der Waals surface area contributed by atoms with E-state index in [1.54, 1.807) is 0 Å². The van der Waals surface area contributed by atoms with E-state index in [1.165, 1.54) is 31.4 Å². The number of amides is 3. The van der Waals surface area contributed by atoms with Crippen molar-refractivity contribution < 1.29 is 33.8 Å². The summed E-state index contributed by atoms with van der Waals surface area (Å²) in [5.74, 6) is -5.05. The molecule has 0 aliphatic heterocycles. The number of aromatic nitrogens is 4. The smallest absolute Gasteiger partial charge is 0.354 e. The van der Waals surface area contributed by atoms with Crippen molar-refractivity contribution >= 4 is 35.3 Å². The summed E-state index contributed by atoms with van der Waals surface area (Å²) in [4.78, 5) is 63.2. The lowest BCUT2D eigenvalue weighted by Gasteiger charge is -2.16. The van der Waals surface area contributed by atoms with Crippen LogP contribution >= 0.6 is 0 Å². The maximum absolute atomic E-state index is 12.8. The molecule has 0 bridgehead atoms. The summed E-state index contributed by atoms with van der Waals surface area (Å²) < 4.78 is 5.32. The maximum Gasteiger partial charge on any atom is 0.354 e. The van der Waals surface area contributed by atoms with Crippen LogP contribution in [0.4, 0.5) is 0 Å². The number of hydrogen-bond donors (Lipinski definition) is 4. The van der Waals surface area contributed by atoms with Crippen LogP contribution in [0.3, 0.4) is 0 Å². The Morgan fingerprint density at radius 1 is 1.12 bits per heavy atom. The van der Waals surface area contributed by atoms with Gasteiger partial charge in [-0.2, -0.15) is 4.52 Å². The van der Waals surface area contributed by atoms with Gasteiger partial charge in [-0.25, -0.2) is 14.6 Å². The van der Waals surface area contributed by atoms with E-state index in [9.17, 15) is 29.1 Å². The molecule has 0 fully saturated rings. The van der Waals surface area contributed by atoms with Gasteiger partial charge in [-0.15, -0.1) is 5.10 Å². The molecule has 2 aromatic heterocycles. The van der Waals surface area contributed by atoms with Gasteiger partial charge in [-0.05, 0) is 17.7 Å². The van der Waals surface area contributed by atoms with Gasteiger partial charge in [-0.1, -0.05) is 17.3 Å². The number of fused-ring (bicyclic) bond motifs is 1. The number of rotatable bonds is 7. The lowest BCUT2D eigenvalue weighted by Crippen LogP contribution is -2.38. The SMILES string of the molecule is COC(=O)c1ccc([C@@H](NC(=O)c2cc(C(=O)O)n3nnc(C(N)=O)c3n2)C(N)=O)cc1. The molecule has 14 nitrogen and oxygen atoms in total. The Kier molecular flexibility index (Phi) is 5.77. The number of carboxylic acid groups (broad SMARTS) is 1. The van der Waals surface area contributed by atoms with Gasteiger partial charge in [0.2, 0.25) is 5.91 Å². The number of esters is 1. The molecular weight excluding hydrogens is 426 g/mol. The van der Waals surface area contributed by atoms with Crippen LogP contribution in [0.5, 0.6) is 0 Å². The van der Waals surface area contributed by atoms with Crippen LogP contribution in [-0.2, 0) is 9.53 Å². The quantitative estimate of drug-likeness (QED) is 0.316. The monoisotopic (exact) mass is 441 g/mol. The van der Waals surface area contributed by atoms with Gasteiger partial charge in [-0.3, -0.25) is 14.4 Å². The molecule has 32 heavy (non-hydrogen) atoms. The van der Waals surface area contributed by atoms with Crippen LogP contribution in [0.25, 0.3) is 5.65 Å². The first kappa shape index (κ1) is 21.8. The fourth-order valence-corrected chi connectivity index (χ4v) is 2.76. The zero-order valence-electron chi connectivity index (χ0n) is 16.3. The molecule has 3 rings (SSSR count). The van der Waals surface area contributed by atoms with Crippen LogP contribution in [0.2, 0.25) is 0 Å². The van der Waals surface area contributed by atoms with Crippen LogP contribution < -0.4 is 16.8 Å². The van der Waals surface area contributed by atoms with E-state index in [2.05, 4.69) is 25.3 Å². The van der Waals surface area contributed by atoms with Gasteiger partial charge < -0.3 is 26.6 Å². The highest BCUT2D eigenvalue weighted by atomic mass is 16.5. The molecule has 164 valence electrons. The number of carbonyl (C=O) groups excluding carboxylic acids is 4. The van der Waals surface area contributed by atoms with Gasteiger partial charge in [0.25, 0.3) is 11.8 Å². The number of methoxy groups -OCH3 is 1. The number of nitrogens with two attached hydrogens (primary N) is 2. The number of ether oxygens (including phenoxy) is 1. The average molecular weight is 441 g/mol. The van der Waals surface area contributed by atoms with E-state index in [-0.39, 0.29) is 16.8 Å². The summed E-state index contributed by atoms with van der Waals surface area (Å²) in [5, 5.41) is 18.7. The lowest BCUT2D eigenvalue weighted by atomic mass is 10.0. The minimum atomic E-state index is -1.49. The normalized spacial score (nSPS) is 11.5. The molecule has 0 unspecified atom stereocenters. The van der Waals surface area contributed by atoms with Crippen molar-refractivity contribution in [3.8, 4) is 0 Å². The molecule has 0 spiro atoms. The number of aromatic carboxylic acids is 1. The first-order chi connectivity index (χ1) is 15.1. The Hall–Kier alpha value is -4.88. The molecule has 1 aromatic carbocycles. The molecule has 0 saturated heterocycles. The first-order valence-electron chi connectivity index (χ1n) is 8.72. The van der Waals surface area contributed by atoms with E-state index in [0.29, 0.717) is 0 Å². The third kappa shape index (κ3) is 4.04. The van der Waals surface area contributed by atoms with Gasteiger partial charge in [0.1, 0.15) is 11.7 Å². The van der Waals surface area contributed by atoms with Gasteiger partial charge >= 0.3 is 11.9 Å². The highest BCUT2D eigenvalue weighted by Gasteiger charge is 2.26. The average Bonchev–Trinajstić information content (AvgIpc) is 3.20. The molecule has 0 aliphatic rings. The number of carboxylic acids is 1. The molecule has 2 heterocycles. The molecule has 6 N–H and O–H groups in total. The Bertz CT molecular complexity index is 1270. The number of nitrogens with zero attached hydrogens (tertiary/aromatic N) is 4. The zero-order valence-corrected chi connectivity index (χ0v) is 16.3. The molecule has 0 saturated carbocycles. The van der Waals surface area contributed by atoms with Crippen molar-refractivity contribution in [3.63, 3.8) is 0 Å². The lowest BCUT2D eigenvalue weighted by molar-refractivity contribution is -0.120. The Labute approximate surface area is 178 Å². The Morgan fingerprint density at radius 2 is 1.78 bits per heavy atom. The van der Waals surface area contributed by atoms with E-state index in [0.717, 1.165) is 10.6 Å². The largest absolute Gasteiger partial charge is 0.477 e. The van der Waals surface area contributed by atoms with Crippen molar-refractivity contribution in [2.45, 2.75) is 6.04 Å². The second kappa shape index (κ2) is 8.47. The van der Waals surface area contributed by atoms with Gasteiger partial charge in [0, 0.05) is 6.07 Å². The van der Waals surface area contributed by atoms with E-state index in [4.69, 9.17) is 11.5 Å². The van der Waals surface area contributed by atoms with Gasteiger partial charge in [0.15, 0.2) is 17.0 Å². The van der Waals surface area contributed by atoms with Crippen LogP contribution in [0, 0.1) is 0 Å². The summed E-state index contributed by atoms with van der Waals surface area (Å²) in [6.45, 7) is 0. The van der Waals surface area contributed by atoms with Crippen molar-refractivity contribution in [1.82, 2.24) is 25.1 Å². The zero-order chi connectivity index (χ0) is 23.6. The molecule has 1 atom stereocenters. The molecule has 3 amide bonds. The van der Waals surface area contributed by atoms with E-state index < -0.39 is 52.8 Å². The maximum atomic E-state index is 12.8. The van der Waals surface area contributed by atoms with Crippen molar-refractivity contribution in [3.05, 3.63) is 58.5 Å². The van der Waals surface area contributed by atoms with E-state index in [1.807, 2.05) is 0 Å². The molecule has 0 aliphatic carbocycles. The van der Waals surface area contributed by atoms with E-state index >= 15 is 0 Å². The van der Waals surface area contributed by atoms with Crippen molar-refractivity contribution in [2.24, 2.45) is 11.5 Å². The third-order valence-electron chi connectivity index (χ3n) is 4.28. The number of nitrogens with one attached hydrogen (secondary N) is 1. The Balaban J connectivity index is 1.99. The highest BCUT2D eigenvalue weighted by Crippen LogP contribution is 2.16. The van der Waals surface area contributed by atoms with Crippen molar-refractivity contribution in [2.75, 3.05) is 7.11 Å². The summed E-state index contributed by atoms with van der Waals surface area (Å²) in [5.41, 5.74) is 9.21. The highest BCUT2D eigenvalue weighted by molar-refractivity contribution is 6.01. The van der Waals surface area contributed by atoms with Crippen LogP contribution in [0.1, 0.15) is 53.4 Å². The molecule has 0 radical (unpaired) electrons. The van der Waals surface area contributed by atoms with Gasteiger partial charge in [0.05, 0.1) is 12.7 Å². The summed E-state index contributed by atoms with van der Waals surface area (Å²) in [6.07, 6.45) is 0.